The Balaban J connectivity index is 0.000000164. The van der Waals surface area contributed by atoms with Gasteiger partial charge >= 0.3 is 11.4 Å². The van der Waals surface area contributed by atoms with Crippen molar-refractivity contribution in [3.8, 4) is 22.8 Å². The number of hydrogen-bond acceptors (Lipinski definition) is 18. The molecule has 380 valence electrons. The minimum absolute atomic E-state index is 0.0155. The summed E-state index contributed by atoms with van der Waals surface area (Å²) >= 11 is 5.48. The van der Waals surface area contributed by atoms with Crippen LogP contribution in [0, 0.1) is 0 Å². The fourth-order valence-corrected chi connectivity index (χ4v) is 8.81. The van der Waals surface area contributed by atoms with Crippen molar-refractivity contribution in [3.63, 3.8) is 0 Å². The van der Waals surface area contributed by atoms with Gasteiger partial charge in [0, 0.05) is 102 Å². The first-order valence-corrected chi connectivity index (χ1v) is 23.8. The molecule has 0 radical (unpaired) electrons. The number of carbonyl (C=O) groups excluding carboxylic acids is 2. The molecule has 0 unspecified atom stereocenters. The van der Waals surface area contributed by atoms with Gasteiger partial charge in [0.15, 0.2) is 22.8 Å². The van der Waals surface area contributed by atoms with Gasteiger partial charge in [-0.25, -0.2) is 59.4 Å². The van der Waals surface area contributed by atoms with Gasteiger partial charge in [-0.3, -0.25) is 37.4 Å². The highest BCUT2D eigenvalue weighted by molar-refractivity contribution is 6.29. The van der Waals surface area contributed by atoms with E-state index in [1.165, 1.54) is 47.4 Å². The molecule has 73 heavy (non-hydrogen) atoms. The summed E-state index contributed by atoms with van der Waals surface area (Å²) < 4.78 is 6.14. The fourth-order valence-electron chi connectivity index (χ4n) is 8.74. The lowest BCUT2D eigenvalue weighted by atomic mass is 10.0. The number of anilines is 4. The van der Waals surface area contributed by atoms with Gasteiger partial charge in [0.2, 0.25) is 23.7 Å². The Labute approximate surface area is 421 Å². The lowest BCUT2D eigenvalue weighted by molar-refractivity contribution is -0.116. The number of hydrogen-bond donors (Lipinski definition) is 2. The summed E-state index contributed by atoms with van der Waals surface area (Å²) in [5, 5.41) is 5.31. The molecule has 0 bridgehead atoms. The van der Waals surface area contributed by atoms with E-state index in [2.05, 4.69) is 98.0 Å². The highest BCUT2D eigenvalue weighted by atomic mass is 35.5. The molecule has 3 aliphatic rings. The summed E-state index contributed by atoms with van der Waals surface area (Å²) in [6, 6.07) is 3.17. The van der Waals surface area contributed by atoms with Crippen LogP contribution in [0.4, 0.5) is 29.4 Å². The molecular weight excluding hydrogens is 962 g/mol. The smallest absolute Gasteiger partial charge is 0.332 e. The van der Waals surface area contributed by atoms with E-state index in [1.807, 2.05) is 0 Å². The van der Waals surface area contributed by atoms with Crippen LogP contribution in [0.5, 0.6) is 0 Å². The molecule has 2 amide bonds. The minimum atomic E-state index is -0.525. The van der Waals surface area contributed by atoms with Crippen molar-refractivity contribution in [1.82, 2.24) is 67.7 Å². The van der Waals surface area contributed by atoms with Crippen molar-refractivity contribution < 1.29 is 9.59 Å². The third-order valence-electron chi connectivity index (χ3n) is 12.8. The van der Waals surface area contributed by atoms with Gasteiger partial charge < -0.3 is 25.0 Å². The first kappa shape index (κ1) is 51.0. The van der Waals surface area contributed by atoms with Crippen molar-refractivity contribution in [1.29, 1.82) is 0 Å². The molecule has 2 fully saturated rings. The molecule has 0 atom stereocenters. The number of nitrogens with zero attached hydrogens (tertiary/aromatic N) is 17. The Kier molecular flexibility index (Phi) is 14.5. The summed E-state index contributed by atoms with van der Waals surface area (Å²) in [7, 11) is 5.99. The van der Waals surface area contributed by atoms with E-state index in [9.17, 15) is 28.8 Å². The summed E-state index contributed by atoms with van der Waals surface area (Å²) in [6.07, 6.45) is 17.9. The van der Waals surface area contributed by atoms with Crippen LogP contribution in [0.15, 0.2) is 79.8 Å². The minimum Gasteiger partial charge on any atom is -0.336 e. The van der Waals surface area contributed by atoms with Crippen LogP contribution in [0.1, 0.15) is 58.9 Å². The molecule has 10 heterocycles. The Bertz CT molecular complexity index is 3510. The molecular formula is C47H54ClN19O6. The molecule has 0 saturated carbocycles. The molecule has 2 N–H and O–H groups in total. The molecule has 7 aromatic heterocycles. The van der Waals surface area contributed by atoms with Crippen LogP contribution in [-0.2, 0) is 50.7 Å². The normalized spacial score (nSPS) is 15.1. The SMILES string of the molecule is CC1(C)CCCN1c1ncc(-c2nccc(NC(=O)CCl)n2)cn1.Cn1c(=O)c2c(ncn2CC(=O)Nc2ccnc(-c3cnc(N4CCCC4(C)C)nc3)n2)n(C)c1=O.Cn1c2c(c(=O)n(C)c1=O)CC=N2. The van der Waals surface area contributed by atoms with E-state index in [-0.39, 0.29) is 51.8 Å². The maximum atomic E-state index is 12.7. The molecule has 26 heteroatoms. The Hall–Kier alpha value is -8.35. The average Bonchev–Trinajstić information content (AvgIpc) is 4.20. The average molecular weight is 1020 g/mol. The summed E-state index contributed by atoms with van der Waals surface area (Å²) in [5.74, 6) is 2.54. The van der Waals surface area contributed by atoms with Crippen LogP contribution in [0.25, 0.3) is 33.9 Å². The van der Waals surface area contributed by atoms with E-state index in [0.717, 1.165) is 47.9 Å². The Morgan fingerprint density at radius 3 is 1.63 bits per heavy atom. The second-order valence-corrected chi connectivity index (χ2v) is 19.0. The van der Waals surface area contributed by atoms with E-state index in [4.69, 9.17) is 11.6 Å². The van der Waals surface area contributed by atoms with Gasteiger partial charge in [-0.05, 0) is 65.5 Å². The van der Waals surface area contributed by atoms with E-state index < -0.39 is 17.2 Å². The zero-order chi connectivity index (χ0) is 52.4. The molecule has 0 spiro atoms. The van der Waals surface area contributed by atoms with Crippen molar-refractivity contribution in [2.45, 2.75) is 77.4 Å². The van der Waals surface area contributed by atoms with Crippen LogP contribution in [0.2, 0.25) is 0 Å². The number of alkyl halides is 1. The molecule has 2 saturated heterocycles. The number of halogens is 1. The van der Waals surface area contributed by atoms with Crippen molar-refractivity contribution in [3.05, 3.63) is 103 Å². The van der Waals surface area contributed by atoms with Crippen LogP contribution < -0.4 is 42.9 Å². The third-order valence-corrected chi connectivity index (χ3v) is 13.1. The summed E-state index contributed by atoms with van der Waals surface area (Å²) in [5.41, 5.74) is 0.793. The number of aryl methyl sites for hydroxylation is 1. The standard InChI is InChI=1S/C23H26N10O3.C16H19ClN6O.C8H9N3O2/c1-23(2)7-5-9-33(23)21-25-10-14(11-26-21)18-24-8-6-15(29-18)28-16(34)12-32-13-27-19-17(32)20(35)31(4)22(36)30(19)3;1-16(2)5-3-7-23(16)15-19-9-11(10-20-15)14-18-6-4-12(22-14)21-13(24)8-17;1-10-6-5(3-4-9-6)7(12)11(2)8(10)13/h6,8,10-11,13H,5,7,9,12H2,1-4H3,(H,24,28,29,34);4,6,9-10H,3,5,7-8H2,1-2H3,(H,18,21,22,24);4H,3H2,1-2H3. The number of nitrogens with one attached hydrogen (secondary N) is 2. The van der Waals surface area contributed by atoms with Crippen molar-refractivity contribution >= 4 is 70.1 Å². The zero-order valence-corrected chi connectivity index (χ0v) is 42.3. The van der Waals surface area contributed by atoms with Crippen molar-refractivity contribution in [2.24, 2.45) is 33.2 Å². The van der Waals surface area contributed by atoms with Gasteiger partial charge in [-0.2, -0.15) is 0 Å². The van der Waals surface area contributed by atoms with Gasteiger partial charge in [0.1, 0.15) is 29.9 Å². The van der Waals surface area contributed by atoms with Crippen LogP contribution in [0.3, 0.4) is 0 Å². The molecule has 3 aliphatic heterocycles. The second-order valence-electron chi connectivity index (χ2n) is 18.7. The summed E-state index contributed by atoms with van der Waals surface area (Å²) in [6.45, 7) is 10.4. The second kappa shape index (κ2) is 20.8. The fraction of sp³-hybridized carbons (Fsp3) is 0.404. The third kappa shape index (κ3) is 10.7. The topological polar surface area (TPSA) is 286 Å². The lowest BCUT2D eigenvalue weighted by Crippen LogP contribution is -2.39. The predicted octanol–water partition coefficient (Wildman–Crippen LogP) is 2.53. The van der Waals surface area contributed by atoms with E-state index in [0.29, 0.717) is 64.1 Å². The molecule has 0 aliphatic carbocycles. The van der Waals surface area contributed by atoms with Crippen LogP contribution >= 0.6 is 11.6 Å². The molecule has 25 nitrogen and oxygen atoms in total. The van der Waals surface area contributed by atoms with Crippen LogP contribution in [-0.4, -0.2) is 116 Å². The lowest BCUT2D eigenvalue weighted by Gasteiger charge is -2.31. The van der Waals surface area contributed by atoms with Gasteiger partial charge in [0.25, 0.3) is 11.1 Å². The Morgan fingerprint density at radius 2 is 1.14 bits per heavy atom. The number of rotatable bonds is 9. The predicted molar refractivity (Wildman–Crippen MR) is 274 cm³/mol. The molecule has 7 aromatic rings. The van der Waals surface area contributed by atoms with Gasteiger partial charge in [0.05, 0.1) is 23.0 Å². The van der Waals surface area contributed by atoms with Gasteiger partial charge in [-0.15, -0.1) is 11.6 Å². The first-order chi connectivity index (χ1) is 34.8. The number of carbonyl (C=O) groups is 2. The Morgan fingerprint density at radius 1 is 0.644 bits per heavy atom. The zero-order valence-electron chi connectivity index (χ0n) is 41.6. The maximum absolute atomic E-state index is 12.7. The van der Waals surface area contributed by atoms with E-state index in [1.54, 1.807) is 56.4 Å². The first-order valence-electron chi connectivity index (χ1n) is 23.2. The number of aliphatic imine (C=N–C) groups is 1. The monoisotopic (exact) mass is 1020 g/mol. The number of amides is 2. The molecule has 0 aromatic carbocycles. The summed E-state index contributed by atoms with van der Waals surface area (Å²) in [4.78, 5) is 119. The van der Waals surface area contributed by atoms with Gasteiger partial charge in [-0.1, -0.05) is 0 Å². The highest BCUT2D eigenvalue weighted by Crippen LogP contribution is 2.33. The largest absolute Gasteiger partial charge is 0.336 e. The quantitative estimate of drug-likeness (QED) is 0.196. The molecule has 10 rings (SSSR count). The number of aromatic nitrogens is 14. The maximum Gasteiger partial charge on any atom is 0.332 e. The highest BCUT2D eigenvalue weighted by Gasteiger charge is 2.35. The van der Waals surface area contributed by atoms with Crippen molar-refractivity contribution in [2.75, 3.05) is 39.4 Å². The number of imidazole rings is 1. The number of fused-ring (bicyclic) bond motifs is 2. The van der Waals surface area contributed by atoms with E-state index >= 15 is 0 Å².